The number of nitrogens with zero attached hydrogens (tertiary/aromatic N) is 3. The zero-order valence-electron chi connectivity index (χ0n) is 11.6. The molecule has 1 aromatic carbocycles. The summed E-state index contributed by atoms with van der Waals surface area (Å²) in [6.45, 7) is 6.10. The Balaban J connectivity index is 1.76. The van der Waals surface area contributed by atoms with E-state index in [0.29, 0.717) is 0 Å². The largest absolute Gasteiger partial charge is 0.378 e. The average Bonchev–Trinajstić information content (AvgIpc) is 2.84. The lowest BCUT2D eigenvalue weighted by atomic mass is 10.1. The van der Waals surface area contributed by atoms with Gasteiger partial charge in [-0.05, 0) is 43.9 Å². The van der Waals surface area contributed by atoms with E-state index in [0.717, 1.165) is 31.2 Å². The standard InChI is InChI=1S/C15H20N4/c1-11-6-5-7-13(12(11)2)16-10-15-18-17-14-8-3-4-9-19(14)15/h5-7,16H,3-4,8-10H2,1-2H3. The highest BCUT2D eigenvalue weighted by Crippen LogP contribution is 2.19. The summed E-state index contributed by atoms with van der Waals surface area (Å²) in [5, 5.41) is 12.1. The Hall–Kier alpha value is -1.84. The number of benzene rings is 1. The number of nitrogens with one attached hydrogen (secondary N) is 1. The van der Waals surface area contributed by atoms with E-state index < -0.39 is 0 Å². The van der Waals surface area contributed by atoms with Crippen LogP contribution in [0.2, 0.25) is 0 Å². The first kappa shape index (κ1) is 12.2. The van der Waals surface area contributed by atoms with Crippen molar-refractivity contribution in [3.63, 3.8) is 0 Å². The first-order chi connectivity index (χ1) is 9.25. The molecule has 2 heterocycles. The Bertz CT molecular complexity index is 586. The van der Waals surface area contributed by atoms with E-state index in [1.807, 2.05) is 0 Å². The van der Waals surface area contributed by atoms with Crippen LogP contribution in [0.4, 0.5) is 5.69 Å². The molecule has 0 saturated carbocycles. The van der Waals surface area contributed by atoms with E-state index in [4.69, 9.17) is 0 Å². The van der Waals surface area contributed by atoms with Crippen LogP contribution in [0.25, 0.3) is 0 Å². The van der Waals surface area contributed by atoms with Crippen LogP contribution in [0, 0.1) is 13.8 Å². The Labute approximate surface area is 113 Å². The Morgan fingerprint density at radius 3 is 3.00 bits per heavy atom. The molecule has 0 fully saturated rings. The van der Waals surface area contributed by atoms with E-state index in [-0.39, 0.29) is 0 Å². The number of anilines is 1. The number of hydrogen-bond acceptors (Lipinski definition) is 3. The molecule has 0 unspecified atom stereocenters. The van der Waals surface area contributed by atoms with Gasteiger partial charge in [-0.25, -0.2) is 0 Å². The van der Waals surface area contributed by atoms with Gasteiger partial charge in [0.15, 0.2) is 5.82 Å². The lowest BCUT2D eigenvalue weighted by Crippen LogP contribution is -2.15. The van der Waals surface area contributed by atoms with Gasteiger partial charge in [-0.3, -0.25) is 0 Å². The summed E-state index contributed by atoms with van der Waals surface area (Å²) in [6.07, 6.45) is 3.54. The summed E-state index contributed by atoms with van der Waals surface area (Å²) >= 11 is 0. The zero-order chi connectivity index (χ0) is 13.2. The predicted octanol–water partition coefficient (Wildman–Crippen LogP) is 2.84. The van der Waals surface area contributed by atoms with Crippen molar-refractivity contribution in [3.05, 3.63) is 41.0 Å². The SMILES string of the molecule is Cc1cccc(NCc2nnc3n2CCCC3)c1C. The molecule has 0 aliphatic carbocycles. The molecule has 1 N–H and O–H groups in total. The summed E-state index contributed by atoms with van der Waals surface area (Å²) in [7, 11) is 0. The molecular weight excluding hydrogens is 236 g/mol. The maximum Gasteiger partial charge on any atom is 0.152 e. The highest BCUT2D eigenvalue weighted by Gasteiger charge is 2.15. The monoisotopic (exact) mass is 256 g/mol. The molecule has 4 heteroatoms. The van der Waals surface area contributed by atoms with E-state index in [9.17, 15) is 0 Å². The highest BCUT2D eigenvalue weighted by atomic mass is 15.3. The lowest BCUT2D eigenvalue weighted by Gasteiger charge is -2.16. The third kappa shape index (κ3) is 2.35. The van der Waals surface area contributed by atoms with Crippen molar-refractivity contribution < 1.29 is 0 Å². The predicted molar refractivity (Wildman–Crippen MR) is 76.2 cm³/mol. The molecule has 2 aromatic rings. The smallest absolute Gasteiger partial charge is 0.152 e. The number of fused-ring (bicyclic) bond motifs is 1. The number of aromatic nitrogens is 3. The van der Waals surface area contributed by atoms with Crippen molar-refractivity contribution in [2.45, 2.75) is 46.2 Å². The van der Waals surface area contributed by atoms with E-state index in [1.165, 1.54) is 29.7 Å². The Morgan fingerprint density at radius 1 is 1.21 bits per heavy atom. The van der Waals surface area contributed by atoms with Crippen molar-refractivity contribution >= 4 is 5.69 Å². The van der Waals surface area contributed by atoms with E-state index >= 15 is 0 Å². The fourth-order valence-corrected chi connectivity index (χ4v) is 2.62. The van der Waals surface area contributed by atoms with Gasteiger partial charge < -0.3 is 9.88 Å². The normalized spacial score (nSPS) is 14.2. The van der Waals surface area contributed by atoms with Crippen LogP contribution >= 0.6 is 0 Å². The minimum atomic E-state index is 0.747. The summed E-state index contributed by atoms with van der Waals surface area (Å²) in [6, 6.07) is 6.35. The molecule has 4 nitrogen and oxygen atoms in total. The second-order valence-corrected chi connectivity index (χ2v) is 5.24. The summed E-state index contributed by atoms with van der Waals surface area (Å²) in [5.74, 6) is 2.19. The second kappa shape index (κ2) is 5.03. The number of aryl methyl sites for hydroxylation is 2. The topological polar surface area (TPSA) is 42.7 Å². The second-order valence-electron chi connectivity index (χ2n) is 5.24. The summed E-state index contributed by atoms with van der Waals surface area (Å²) in [4.78, 5) is 0. The summed E-state index contributed by atoms with van der Waals surface area (Å²) < 4.78 is 2.27. The van der Waals surface area contributed by atoms with Gasteiger partial charge in [0, 0.05) is 18.7 Å². The van der Waals surface area contributed by atoms with Crippen LogP contribution in [-0.2, 0) is 19.5 Å². The maximum absolute atomic E-state index is 4.32. The molecule has 1 aliphatic heterocycles. The molecule has 1 aliphatic rings. The maximum atomic E-state index is 4.32. The molecule has 0 saturated heterocycles. The fourth-order valence-electron chi connectivity index (χ4n) is 2.62. The van der Waals surface area contributed by atoms with E-state index in [1.54, 1.807) is 0 Å². The average molecular weight is 256 g/mol. The molecule has 0 amide bonds. The molecular formula is C15H20N4. The van der Waals surface area contributed by atoms with Gasteiger partial charge in [-0.1, -0.05) is 12.1 Å². The first-order valence-corrected chi connectivity index (χ1v) is 6.97. The minimum absolute atomic E-state index is 0.747. The van der Waals surface area contributed by atoms with Gasteiger partial charge in [0.2, 0.25) is 0 Å². The van der Waals surface area contributed by atoms with Crippen LogP contribution in [0.15, 0.2) is 18.2 Å². The van der Waals surface area contributed by atoms with Gasteiger partial charge >= 0.3 is 0 Å². The van der Waals surface area contributed by atoms with E-state index in [2.05, 4.69) is 52.1 Å². The van der Waals surface area contributed by atoms with Crippen molar-refractivity contribution in [1.29, 1.82) is 0 Å². The molecule has 0 spiro atoms. The van der Waals surface area contributed by atoms with Crippen molar-refractivity contribution in [3.8, 4) is 0 Å². The van der Waals surface area contributed by atoms with Gasteiger partial charge in [0.25, 0.3) is 0 Å². The molecule has 3 rings (SSSR count). The summed E-state index contributed by atoms with van der Waals surface area (Å²) in [5.41, 5.74) is 3.81. The van der Waals surface area contributed by atoms with Crippen molar-refractivity contribution in [1.82, 2.24) is 14.8 Å². The minimum Gasteiger partial charge on any atom is -0.378 e. The Morgan fingerprint density at radius 2 is 2.11 bits per heavy atom. The van der Waals surface area contributed by atoms with Crippen LogP contribution < -0.4 is 5.32 Å². The van der Waals surface area contributed by atoms with Crippen molar-refractivity contribution in [2.75, 3.05) is 5.32 Å². The lowest BCUT2D eigenvalue weighted by molar-refractivity contribution is 0.510. The molecule has 1 aromatic heterocycles. The van der Waals surface area contributed by atoms with Gasteiger partial charge in [0.05, 0.1) is 6.54 Å². The third-order valence-corrected chi connectivity index (χ3v) is 3.98. The molecule has 0 bridgehead atoms. The molecule has 0 atom stereocenters. The highest BCUT2D eigenvalue weighted by molar-refractivity contribution is 5.53. The Kier molecular flexibility index (Phi) is 3.23. The van der Waals surface area contributed by atoms with Crippen LogP contribution in [0.5, 0.6) is 0 Å². The van der Waals surface area contributed by atoms with Crippen molar-refractivity contribution in [2.24, 2.45) is 0 Å². The van der Waals surface area contributed by atoms with Crippen LogP contribution in [-0.4, -0.2) is 14.8 Å². The molecule has 0 radical (unpaired) electrons. The van der Waals surface area contributed by atoms with Gasteiger partial charge in [-0.2, -0.15) is 0 Å². The first-order valence-electron chi connectivity index (χ1n) is 6.97. The zero-order valence-corrected chi connectivity index (χ0v) is 11.6. The van der Waals surface area contributed by atoms with Gasteiger partial charge in [0.1, 0.15) is 5.82 Å². The number of rotatable bonds is 3. The van der Waals surface area contributed by atoms with Crippen LogP contribution in [0.1, 0.15) is 35.6 Å². The molecule has 19 heavy (non-hydrogen) atoms. The molecule has 100 valence electrons. The van der Waals surface area contributed by atoms with Crippen LogP contribution in [0.3, 0.4) is 0 Å². The fraction of sp³-hybridized carbons (Fsp3) is 0.467. The number of hydrogen-bond donors (Lipinski definition) is 1. The van der Waals surface area contributed by atoms with Gasteiger partial charge in [-0.15, -0.1) is 10.2 Å². The quantitative estimate of drug-likeness (QED) is 0.918. The third-order valence-electron chi connectivity index (χ3n) is 3.98.